The second-order valence-corrected chi connectivity index (χ2v) is 6.30. The molecule has 2 aromatic carbocycles. The molecule has 9 nitrogen and oxygen atoms in total. The third kappa shape index (κ3) is 4.21. The number of nitrogens with one attached hydrogen (secondary N) is 1. The van der Waals surface area contributed by atoms with Gasteiger partial charge in [-0.1, -0.05) is 30.3 Å². The lowest BCUT2D eigenvalue weighted by Gasteiger charge is -2.11. The first-order valence-corrected chi connectivity index (χ1v) is 8.43. The summed E-state index contributed by atoms with van der Waals surface area (Å²) in [6.45, 7) is -0.134. The van der Waals surface area contributed by atoms with E-state index in [1.165, 1.54) is 4.68 Å². The van der Waals surface area contributed by atoms with Crippen molar-refractivity contribution in [3.8, 4) is 11.3 Å². The van der Waals surface area contributed by atoms with Gasteiger partial charge >= 0.3 is 6.18 Å². The maximum atomic E-state index is 13.0. The summed E-state index contributed by atoms with van der Waals surface area (Å²) in [5.74, 6) is 0. The second-order valence-electron chi connectivity index (χ2n) is 6.30. The van der Waals surface area contributed by atoms with Crippen LogP contribution in [-0.2, 0) is 19.8 Å². The van der Waals surface area contributed by atoms with Gasteiger partial charge in [0.05, 0.1) is 21.1 Å². The van der Waals surface area contributed by atoms with Gasteiger partial charge in [0.15, 0.2) is 5.69 Å². The van der Waals surface area contributed by atoms with Gasteiger partial charge in [-0.15, -0.1) is 0 Å². The lowest BCUT2D eigenvalue weighted by Crippen LogP contribution is -2.11. The number of alkyl halides is 3. The van der Waals surface area contributed by atoms with Crippen molar-refractivity contribution in [1.29, 1.82) is 0 Å². The highest BCUT2D eigenvalue weighted by Gasteiger charge is 2.37. The predicted octanol–water partition coefficient (Wildman–Crippen LogP) is 4.53. The van der Waals surface area contributed by atoms with Crippen molar-refractivity contribution in [1.82, 2.24) is 9.78 Å². The van der Waals surface area contributed by atoms with Gasteiger partial charge in [-0.3, -0.25) is 24.9 Å². The largest absolute Gasteiger partial charge is 0.416 e. The van der Waals surface area contributed by atoms with Crippen molar-refractivity contribution >= 4 is 17.1 Å². The van der Waals surface area contributed by atoms with E-state index in [1.54, 1.807) is 43.6 Å². The van der Waals surface area contributed by atoms with E-state index < -0.39 is 38.6 Å². The highest BCUT2D eigenvalue weighted by Crippen LogP contribution is 2.41. The lowest BCUT2D eigenvalue weighted by atomic mass is 10.1. The maximum Gasteiger partial charge on any atom is 0.416 e. The molecule has 0 saturated carbocycles. The van der Waals surface area contributed by atoms with Gasteiger partial charge in [0.2, 0.25) is 0 Å². The Morgan fingerprint density at radius 1 is 1.07 bits per heavy atom. The topological polar surface area (TPSA) is 116 Å². The molecule has 12 heteroatoms. The third-order valence-electron chi connectivity index (χ3n) is 4.22. The summed E-state index contributed by atoms with van der Waals surface area (Å²) in [6.07, 6.45) is -3.37. The molecule has 0 aliphatic heterocycles. The Kier molecular flexibility index (Phi) is 5.41. The quantitative estimate of drug-likeness (QED) is 0.462. The molecule has 1 N–H and O–H groups in total. The van der Waals surface area contributed by atoms with E-state index in [0.717, 1.165) is 5.56 Å². The fourth-order valence-electron chi connectivity index (χ4n) is 2.93. The van der Waals surface area contributed by atoms with Gasteiger partial charge in [-0.05, 0) is 0 Å². The van der Waals surface area contributed by atoms with Crippen LogP contribution < -0.4 is 5.32 Å². The van der Waals surface area contributed by atoms with E-state index >= 15 is 0 Å². The maximum absolute atomic E-state index is 13.0. The summed E-state index contributed by atoms with van der Waals surface area (Å²) in [4.78, 5) is 20.5. The predicted molar refractivity (Wildman–Crippen MR) is 101 cm³/mol. The van der Waals surface area contributed by atoms with Gasteiger partial charge in [0.25, 0.3) is 11.4 Å². The fourth-order valence-corrected chi connectivity index (χ4v) is 2.93. The monoisotopic (exact) mass is 421 g/mol. The number of halogens is 3. The van der Waals surface area contributed by atoms with Crippen molar-refractivity contribution in [2.75, 3.05) is 5.32 Å². The average Bonchev–Trinajstić information content (AvgIpc) is 3.06. The number of rotatable bonds is 6. The summed E-state index contributed by atoms with van der Waals surface area (Å²) >= 11 is 0. The van der Waals surface area contributed by atoms with Crippen LogP contribution in [0.5, 0.6) is 0 Å². The molecule has 3 aromatic rings. The molecule has 0 saturated heterocycles. The van der Waals surface area contributed by atoms with Crippen LogP contribution in [0.15, 0.2) is 48.7 Å². The number of nitro groups is 2. The van der Waals surface area contributed by atoms with Crippen LogP contribution >= 0.6 is 0 Å². The van der Waals surface area contributed by atoms with E-state index in [-0.39, 0.29) is 18.7 Å². The van der Waals surface area contributed by atoms with E-state index in [4.69, 9.17) is 0 Å². The molecule has 0 fully saturated rings. The van der Waals surface area contributed by atoms with Crippen molar-refractivity contribution < 1.29 is 23.0 Å². The van der Waals surface area contributed by atoms with E-state index in [9.17, 15) is 33.4 Å². The van der Waals surface area contributed by atoms with Crippen molar-refractivity contribution in [2.45, 2.75) is 12.7 Å². The molecule has 0 aliphatic carbocycles. The zero-order valence-electron chi connectivity index (χ0n) is 15.4. The number of anilines is 1. The summed E-state index contributed by atoms with van der Waals surface area (Å²) in [5.41, 5.74) is -2.34. The molecular formula is C18H14F3N5O4. The summed E-state index contributed by atoms with van der Waals surface area (Å²) in [7, 11) is 1.65. The molecule has 30 heavy (non-hydrogen) atoms. The van der Waals surface area contributed by atoms with Crippen molar-refractivity contribution in [3.05, 3.63) is 80.0 Å². The smallest absolute Gasteiger partial charge is 0.370 e. The zero-order valence-corrected chi connectivity index (χ0v) is 15.4. The van der Waals surface area contributed by atoms with E-state index in [0.29, 0.717) is 11.3 Å². The molecule has 0 unspecified atom stereocenters. The van der Waals surface area contributed by atoms with Gasteiger partial charge in [-0.25, -0.2) is 0 Å². The Balaban J connectivity index is 2.04. The molecule has 0 aliphatic rings. The third-order valence-corrected chi connectivity index (χ3v) is 4.22. The zero-order chi connectivity index (χ0) is 22.1. The molecule has 0 amide bonds. The van der Waals surface area contributed by atoms with Crippen LogP contribution in [0.4, 0.5) is 30.2 Å². The van der Waals surface area contributed by atoms with E-state index in [1.807, 2.05) is 0 Å². The number of aryl methyl sites for hydroxylation is 1. The summed E-state index contributed by atoms with van der Waals surface area (Å²) < 4.78 is 40.6. The van der Waals surface area contributed by atoms with Crippen molar-refractivity contribution in [2.24, 2.45) is 7.05 Å². The first-order valence-electron chi connectivity index (χ1n) is 8.43. The standard InChI is InChI=1S/C18H14F3N5O4/c1-24-10-12(16(23-24)11-5-3-2-4-6-11)9-22-17-14(25(27)28)7-13(18(19,20)21)8-15(17)26(29)30/h2-8,10,22H,9H2,1H3. The summed E-state index contributed by atoms with van der Waals surface area (Å²) in [6, 6.07) is 9.50. The molecule has 0 spiro atoms. The molecule has 1 heterocycles. The minimum absolute atomic E-state index is 0.134. The van der Waals surface area contributed by atoms with Crippen molar-refractivity contribution in [3.63, 3.8) is 0 Å². The van der Waals surface area contributed by atoms with Crippen LogP contribution in [0.3, 0.4) is 0 Å². The van der Waals surface area contributed by atoms with Crippen LogP contribution in [0.25, 0.3) is 11.3 Å². The lowest BCUT2D eigenvalue weighted by molar-refractivity contribution is -0.392. The van der Waals surface area contributed by atoms with Gasteiger partial charge in [0, 0.05) is 43.0 Å². The molecular weight excluding hydrogens is 407 g/mol. The van der Waals surface area contributed by atoms with Crippen LogP contribution in [-0.4, -0.2) is 19.6 Å². The summed E-state index contributed by atoms with van der Waals surface area (Å²) in [5, 5.41) is 29.6. The normalized spacial score (nSPS) is 11.3. The second kappa shape index (κ2) is 7.81. The molecule has 0 radical (unpaired) electrons. The van der Waals surface area contributed by atoms with Crippen LogP contribution in [0.2, 0.25) is 0 Å². The number of nitrogens with zero attached hydrogens (tertiary/aromatic N) is 4. The van der Waals surface area contributed by atoms with Gasteiger partial charge < -0.3 is 5.32 Å². The first kappa shape index (κ1) is 20.8. The Labute approximate surface area is 167 Å². The SMILES string of the molecule is Cn1cc(CNc2c([N+](=O)[O-])cc(C(F)(F)F)cc2[N+](=O)[O-])c(-c2ccccc2)n1. The number of hydrogen-bond acceptors (Lipinski definition) is 6. The molecule has 1 aromatic heterocycles. The molecule has 156 valence electrons. The Bertz CT molecular complexity index is 1080. The van der Waals surface area contributed by atoms with Crippen LogP contribution in [0, 0.1) is 20.2 Å². The van der Waals surface area contributed by atoms with Gasteiger partial charge in [0.1, 0.15) is 0 Å². The fraction of sp³-hybridized carbons (Fsp3) is 0.167. The molecule has 0 atom stereocenters. The Hall–Kier alpha value is -3.96. The van der Waals surface area contributed by atoms with Gasteiger partial charge in [-0.2, -0.15) is 18.3 Å². The minimum Gasteiger partial charge on any atom is -0.370 e. The molecule has 3 rings (SSSR count). The minimum atomic E-state index is -4.97. The highest BCUT2D eigenvalue weighted by atomic mass is 19.4. The van der Waals surface area contributed by atoms with Crippen LogP contribution in [0.1, 0.15) is 11.1 Å². The number of hydrogen-bond donors (Lipinski definition) is 1. The number of aromatic nitrogens is 2. The Morgan fingerprint density at radius 2 is 1.63 bits per heavy atom. The average molecular weight is 421 g/mol. The molecule has 0 bridgehead atoms. The first-order chi connectivity index (χ1) is 14.1. The Morgan fingerprint density at radius 3 is 2.13 bits per heavy atom. The number of nitro benzene ring substituents is 2. The van der Waals surface area contributed by atoms with E-state index in [2.05, 4.69) is 10.4 Å². The number of benzene rings is 2. The highest BCUT2D eigenvalue weighted by molar-refractivity contribution is 5.75.